The van der Waals surface area contributed by atoms with Gasteiger partial charge >= 0.3 is 0 Å². The second kappa shape index (κ2) is 4.13. The Balaban J connectivity index is 3.54. The first-order valence-electron chi connectivity index (χ1n) is 3.38. The van der Waals surface area contributed by atoms with Crippen molar-refractivity contribution in [1.82, 2.24) is 5.32 Å². The Morgan fingerprint density at radius 1 is 1.60 bits per heavy atom. The summed E-state index contributed by atoms with van der Waals surface area (Å²) in [5.74, 6) is 0. The molecule has 0 rings (SSSR count). The molecule has 0 aromatic carbocycles. The highest BCUT2D eigenvalue weighted by atomic mass is 16.5. The molecule has 0 bridgehead atoms. The fourth-order valence-corrected chi connectivity index (χ4v) is 0.694. The van der Waals surface area contributed by atoms with Gasteiger partial charge in [-0.05, 0) is 20.8 Å². The quantitative estimate of drug-likeness (QED) is 0.468. The van der Waals surface area contributed by atoms with Crippen molar-refractivity contribution in [3.05, 3.63) is 0 Å². The molecule has 3 nitrogen and oxygen atoms in total. The summed E-state index contributed by atoms with van der Waals surface area (Å²) in [6.45, 7) is 7.08. The summed E-state index contributed by atoms with van der Waals surface area (Å²) in [7, 11) is 0. The van der Waals surface area contributed by atoms with Crippen molar-refractivity contribution in [2.45, 2.75) is 26.4 Å². The van der Waals surface area contributed by atoms with Crippen molar-refractivity contribution in [1.29, 1.82) is 5.26 Å². The van der Waals surface area contributed by atoms with Crippen LogP contribution >= 0.6 is 0 Å². The molecule has 3 heteroatoms. The number of ether oxygens (including phenoxy) is 1. The fourth-order valence-electron chi connectivity index (χ4n) is 0.694. The number of rotatable bonds is 4. The lowest BCUT2D eigenvalue weighted by molar-refractivity contribution is -0.00623. The molecule has 58 valence electrons. The van der Waals surface area contributed by atoms with Gasteiger partial charge in [0, 0.05) is 6.61 Å². The smallest absolute Gasteiger partial charge is 0.176 e. The summed E-state index contributed by atoms with van der Waals surface area (Å²) < 4.78 is 5.32. The first-order chi connectivity index (χ1) is 4.62. The Morgan fingerprint density at radius 2 is 2.20 bits per heavy atom. The number of nitrogens with one attached hydrogen (secondary N) is 1. The maximum absolute atomic E-state index is 8.18. The molecule has 0 fully saturated rings. The second-order valence-corrected chi connectivity index (χ2v) is 2.66. The maximum Gasteiger partial charge on any atom is 0.176 e. The third-order valence-electron chi connectivity index (χ3n) is 1.13. The standard InChI is InChI=1S/C7H14N2O/c1-4-10-7(2,3)5-9-6-8/h9H,4-5H2,1-3H3. The van der Waals surface area contributed by atoms with Gasteiger partial charge in [-0.25, -0.2) is 0 Å². The molecule has 0 radical (unpaired) electrons. The molecule has 0 aromatic rings. The van der Waals surface area contributed by atoms with E-state index in [1.807, 2.05) is 27.0 Å². The van der Waals surface area contributed by atoms with E-state index in [2.05, 4.69) is 5.32 Å². The van der Waals surface area contributed by atoms with E-state index in [1.165, 1.54) is 0 Å². The van der Waals surface area contributed by atoms with E-state index < -0.39 is 0 Å². The van der Waals surface area contributed by atoms with E-state index >= 15 is 0 Å². The van der Waals surface area contributed by atoms with E-state index in [9.17, 15) is 0 Å². The van der Waals surface area contributed by atoms with Crippen LogP contribution in [0.4, 0.5) is 0 Å². The van der Waals surface area contributed by atoms with Crippen LogP contribution in [-0.2, 0) is 4.74 Å². The highest BCUT2D eigenvalue weighted by Crippen LogP contribution is 2.05. The van der Waals surface area contributed by atoms with E-state index in [4.69, 9.17) is 10.00 Å². The molecule has 1 N–H and O–H groups in total. The van der Waals surface area contributed by atoms with Gasteiger partial charge in [0.15, 0.2) is 6.19 Å². The number of hydrogen-bond donors (Lipinski definition) is 1. The van der Waals surface area contributed by atoms with Gasteiger partial charge in [0.05, 0.1) is 12.1 Å². The van der Waals surface area contributed by atoms with Gasteiger partial charge < -0.3 is 10.1 Å². The lowest BCUT2D eigenvalue weighted by Crippen LogP contribution is -2.35. The molecule has 0 saturated heterocycles. The van der Waals surface area contributed by atoms with E-state index in [0.717, 1.165) is 0 Å². The van der Waals surface area contributed by atoms with Gasteiger partial charge in [-0.3, -0.25) is 0 Å². The lowest BCUT2D eigenvalue weighted by Gasteiger charge is -2.23. The SMILES string of the molecule is CCOC(C)(C)CNC#N. The Bertz CT molecular complexity index is 126. The van der Waals surface area contributed by atoms with Gasteiger partial charge in [0.1, 0.15) is 0 Å². The van der Waals surface area contributed by atoms with Crippen LogP contribution in [-0.4, -0.2) is 18.8 Å². The largest absolute Gasteiger partial charge is 0.374 e. The molecule has 0 aliphatic carbocycles. The third kappa shape index (κ3) is 4.16. The van der Waals surface area contributed by atoms with Crippen molar-refractivity contribution in [3.8, 4) is 6.19 Å². The van der Waals surface area contributed by atoms with Crippen LogP contribution in [0.3, 0.4) is 0 Å². The predicted octanol–water partition coefficient (Wildman–Crippen LogP) is 0.872. The van der Waals surface area contributed by atoms with Crippen LogP contribution in [0.1, 0.15) is 20.8 Å². The highest BCUT2D eigenvalue weighted by Gasteiger charge is 2.15. The first kappa shape index (κ1) is 9.25. The molecule has 0 spiro atoms. The first-order valence-corrected chi connectivity index (χ1v) is 3.38. The minimum Gasteiger partial charge on any atom is -0.374 e. The lowest BCUT2D eigenvalue weighted by atomic mass is 10.1. The van der Waals surface area contributed by atoms with Gasteiger partial charge in [0.25, 0.3) is 0 Å². The van der Waals surface area contributed by atoms with Crippen LogP contribution in [0.15, 0.2) is 0 Å². The minimum atomic E-state index is -0.232. The summed E-state index contributed by atoms with van der Waals surface area (Å²) in [5.41, 5.74) is -0.232. The highest BCUT2D eigenvalue weighted by molar-refractivity contribution is 4.77. The molecule has 0 aliphatic rings. The monoisotopic (exact) mass is 142 g/mol. The van der Waals surface area contributed by atoms with Gasteiger partial charge in [-0.15, -0.1) is 0 Å². The third-order valence-corrected chi connectivity index (χ3v) is 1.13. The van der Waals surface area contributed by atoms with Crippen LogP contribution in [0.25, 0.3) is 0 Å². The van der Waals surface area contributed by atoms with Crippen molar-refractivity contribution < 1.29 is 4.74 Å². The Kier molecular flexibility index (Phi) is 3.82. The molecule has 0 aromatic heterocycles. The number of nitrogens with zero attached hydrogens (tertiary/aromatic N) is 1. The minimum absolute atomic E-state index is 0.232. The van der Waals surface area contributed by atoms with Gasteiger partial charge in [-0.1, -0.05) is 0 Å². The topological polar surface area (TPSA) is 45.0 Å². The molecule has 0 saturated carbocycles. The van der Waals surface area contributed by atoms with E-state index in [-0.39, 0.29) is 5.60 Å². The average molecular weight is 142 g/mol. The maximum atomic E-state index is 8.18. The zero-order valence-electron chi connectivity index (χ0n) is 6.77. The van der Waals surface area contributed by atoms with Gasteiger partial charge in [0.2, 0.25) is 0 Å². The summed E-state index contributed by atoms with van der Waals surface area (Å²) in [4.78, 5) is 0. The molecular formula is C7H14N2O. The van der Waals surface area contributed by atoms with Gasteiger partial charge in [-0.2, -0.15) is 5.26 Å². The normalized spacial score (nSPS) is 10.6. The molecule has 0 atom stereocenters. The van der Waals surface area contributed by atoms with Crippen LogP contribution in [0, 0.1) is 11.5 Å². The summed E-state index contributed by atoms with van der Waals surface area (Å²) in [5, 5.41) is 10.7. The molecule has 0 unspecified atom stereocenters. The zero-order valence-corrected chi connectivity index (χ0v) is 6.77. The van der Waals surface area contributed by atoms with Crippen LogP contribution < -0.4 is 5.32 Å². The van der Waals surface area contributed by atoms with E-state index in [1.54, 1.807) is 0 Å². The molecule has 0 aliphatic heterocycles. The number of hydrogen-bond acceptors (Lipinski definition) is 3. The summed E-state index contributed by atoms with van der Waals surface area (Å²) in [6, 6.07) is 0. The number of nitriles is 1. The van der Waals surface area contributed by atoms with Crippen LogP contribution in [0.2, 0.25) is 0 Å². The Hall–Kier alpha value is -0.750. The van der Waals surface area contributed by atoms with Crippen molar-refractivity contribution in [3.63, 3.8) is 0 Å². The summed E-state index contributed by atoms with van der Waals surface area (Å²) in [6.07, 6.45) is 1.85. The second-order valence-electron chi connectivity index (χ2n) is 2.66. The average Bonchev–Trinajstić information content (AvgIpc) is 1.84. The van der Waals surface area contributed by atoms with Crippen LogP contribution in [0.5, 0.6) is 0 Å². The van der Waals surface area contributed by atoms with Crippen molar-refractivity contribution in [2.24, 2.45) is 0 Å². The predicted molar refractivity (Wildman–Crippen MR) is 39.3 cm³/mol. The van der Waals surface area contributed by atoms with Crippen molar-refractivity contribution >= 4 is 0 Å². The van der Waals surface area contributed by atoms with Crippen molar-refractivity contribution in [2.75, 3.05) is 13.2 Å². The fraction of sp³-hybridized carbons (Fsp3) is 0.857. The Labute approximate surface area is 62.0 Å². The molecular weight excluding hydrogens is 128 g/mol. The zero-order chi connectivity index (χ0) is 8.04. The molecule has 0 amide bonds. The Morgan fingerprint density at radius 3 is 2.60 bits per heavy atom. The molecule has 10 heavy (non-hydrogen) atoms. The summed E-state index contributed by atoms with van der Waals surface area (Å²) >= 11 is 0. The molecule has 0 heterocycles. The van der Waals surface area contributed by atoms with E-state index in [0.29, 0.717) is 13.2 Å².